The van der Waals surface area contributed by atoms with E-state index in [-0.39, 0.29) is 23.4 Å². The van der Waals surface area contributed by atoms with Crippen molar-refractivity contribution in [2.24, 2.45) is 17.8 Å². The Morgan fingerprint density at radius 2 is 1.65 bits per heavy atom. The van der Waals surface area contributed by atoms with Gasteiger partial charge in [-0.25, -0.2) is 4.39 Å². The van der Waals surface area contributed by atoms with Crippen LogP contribution in [0.2, 0.25) is 0 Å². The van der Waals surface area contributed by atoms with Gasteiger partial charge in [-0.2, -0.15) is 0 Å². The van der Waals surface area contributed by atoms with Crippen molar-refractivity contribution in [1.29, 1.82) is 0 Å². The number of hydrogen-bond acceptors (Lipinski definition) is 4. The Morgan fingerprint density at radius 1 is 0.971 bits per heavy atom. The van der Waals surface area contributed by atoms with Gasteiger partial charge < -0.3 is 15.0 Å². The molecule has 3 fully saturated rings. The number of Topliss-reactive ketones (excluding diaryl/α,β-unsaturated/α-hetero) is 1. The molecule has 1 aromatic carbocycles. The number of hydrogen-bond donors (Lipinski definition) is 1. The molecule has 1 heterocycles. The molecular formula is C28H41FN2O3. The lowest BCUT2D eigenvalue weighted by Gasteiger charge is -2.34. The summed E-state index contributed by atoms with van der Waals surface area (Å²) in [5.41, 5.74) is 0.631. The Bertz CT molecular complexity index is 798. The molecule has 4 rings (SSSR count). The molecule has 188 valence electrons. The number of benzene rings is 1. The van der Waals surface area contributed by atoms with E-state index in [0.29, 0.717) is 30.0 Å². The first kappa shape index (κ1) is 25.3. The summed E-state index contributed by atoms with van der Waals surface area (Å²) < 4.78 is 18.5. The van der Waals surface area contributed by atoms with E-state index >= 15 is 0 Å². The zero-order valence-electron chi connectivity index (χ0n) is 20.6. The molecule has 1 aromatic rings. The monoisotopic (exact) mass is 472 g/mol. The molecule has 0 bridgehead atoms. The molecule has 1 N–H and O–H groups in total. The Balaban J connectivity index is 1.09. The summed E-state index contributed by atoms with van der Waals surface area (Å²) in [6.07, 6.45) is 11.8. The smallest absolute Gasteiger partial charge is 0.220 e. The van der Waals surface area contributed by atoms with Crippen molar-refractivity contribution in [3.8, 4) is 0 Å². The van der Waals surface area contributed by atoms with Gasteiger partial charge in [0.15, 0.2) is 5.78 Å². The first-order valence-electron chi connectivity index (χ1n) is 13.3. The lowest BCUT2D eigenvalue weighted by Crippen LogP contribution is -2.39. The van der Waals surface area contributed by atoms with Gasteiger partial charge in [0.25, 0.3) is 0 Å². The third-order valence-electron chi connectivity index (χ3n) is 8.45. The highest BCUT2D eigenvalue weighted by molar-refractivity contribution is 5.97. The van der Waals surface area contributed by atoms with E-state index in [9.17, 15) is 14.0 Å². The van der Waals surface area contributed by atoms with Crippen LogP contribution in [0, 0.1) is 23.6 Å². The van der Waals surface area contributed by atoms with E-state index in [2.05, 4.69) is 10.2 Å². The van der Waals surface area contributed by atoms with Crippen molar-refractivity contribution in [1.82, 2.24) is 10.2 Å². The van der Waals surface area contributed by atoms with Crippen molar-refractivity contribution in [3.05, 3.63) is 35.6 Å². The Kier molecular flexibility index (Phi) is 9.12. The number of ether oxygens (including phenoxy) is 1. The average molecular weight is 473 g/mol. The highest BCUT2D eigenvalue weighted by Crippen LogP contribution is 2.31. The number of nitrogens with one attached hydrogen (secondary N) is 1. The van der Waals surface area contributed by atoms with Gasteiger partial charge in [0.1, 0.15) is 5.82 Å². The van der Waals surface area contributed by atoms with E-state index in [1.165, 1.54) is 31.4 Å². The van der Waals surface area contributed by atoms with Gasteiger partial charge in [-0.05, 0) is 120 Å². The lowest BCUT2D eigenvalue weighted by atomic mass is 9.83. The van der Waals surface area contributed by atoms with Gasteiger partial charge >= 0.3 is 0 Å². The number of ketones is 1. The van der Waals surface area contributed by atoms with Gasteiger partial charge in [0.2, 0.25) is 5.91 Å². The second-order valence-corrected chi connectivity index (χ2v) is 10.8. The van der Waals surface area contributed by atoms with Crippen LogP contribution in [0.25, 0.3) is 0 Å². The lowest BCUT2D eigenvalue weighted by molar-refractivity contribution is -0.123. The molecule has 6 heteroatoms. The van der Waals surface area contributed by atoms with Gasteiger partial charge in [-0.15, -0.1) is 0 Å². The fraction of sp³-hybridized carbons (Fsp3) is 0.714. The molecule has 2 atom stereocenters. The standard InChI is InChI=1S/C28H41FN2O3/c1-34-26-11-4-21(18-26)19-27(32)30-25-9-2-20(3-10-25)12-15-31-16-13-23(14-17-31)28(33)22-5-7-24(29)8-6-22/h5-8,20-21,23,25-26H,2-4,9-19H2,1H3,(H,30,32)/t20-,21-,25-,26+/m1/s1. The molecule has 34 heavy (non-hydrogen) atoms. The van der Waals surface area contributed by atoms with Gasteiger partial charge in [0.05, 0.1) is 6.10 Å². The summed E-state index contributed by atoms with van der Waals surface area (Å²) in [7, 11) is 1.77. The van der Waals surface area contributed by atoms with E-state index in [4.69, 9.17) is 4.74 Å². The summed E-state index contributed by atoms with van der Waals surface area (Å²) >= 11 is 0. The summed E-state index contributed by atoms with van der Waals surface area (Å²) in [5.74, 6) is 1.37. The first-order valence-corrected chi connectivity index (χ1v) is 13.3. The van der Waals surface area contributed by atoms with E-state index in [0.717, 1.165) is 70.5 Å². The second-order valence-electron chi connectivity index (χ2n) is 10.8. The SMILES string of the molecule is CO[C@H]1CC[C@@H](CC(=O)N[C@H]2CC[C@H](CCN3CCC(C(=O)c4ccc(F)cc4)CC3)CC2)C1. The zero-order valence-corrected chi connectivity index (χ0v) is 20.6. The number of nitrogens with zero attached hydrogens (tertiary/aromatic N) is 1. The normalized spacial score (nSPS) is 28.6. The van der Waals surface area contributed by atoms with Crippen LogP contribution < -0.4 is 5.32 Å². The minimum Gasteiger partial charge on any atom is -0.381 e. The number of amides is 1. The van der Waals surface area contributed by atoms with Crippen molar-refractivity contribution in [2.45, 2.75) is 82.8 Å². The van der Waals surface area contributed by atoms with Crippen LogP contribution in [0.3, 0.4) is 0 Å². The highest BCUT2D eigenvalue weighted by atomic mass is 19.1. The summed E-state index contributed by atoms with van der Waals surface area (Å²) in [6, 6.07) is 6.30. The van der Waals surface area contributed by atoms with Crippen LogP contribution in [-0.4, -0.2) is 55.5 Å². The van der Waals surface area contributed by atoms with Crippen molar-refractivity contribution >= 4 is 11.7 Å². The summed E-state index contributed by atoms with van der Waals surface area (Å²) in [6.45, 7) is 3.03. The third-order valence-corrected chi connectivity index (χ3v) is 8.45. The van der Waals surface area contributed by atoms with Crippen molar-refractivity contribution < 1.29 is 18.7 Å². The number of piperidine rings is 1. The van der Waals surface area contributed by atoms with Gasteiger partial charge in [-0.1, -0.05) is 0 Å². The highest BCUT2D eigenvalue weighted by Gasteiger charge is 2.29. The zero-order chi connectivity index (χ0) is 23.9. The minimum absolute atomic E-state index is 0.0605. The number of methoxy groups -OCH3 is 1. The summed E-state index contributed by atoms with van der Waals surface area (Å²) in [4.78, 5) is 27.6. The van der Waals surface area contributed by atoms with E-state index in [1.807, 2.05) is 0 Å². The molecule has 2 saturated carbocycles. The van der Waals surface area contributed by atoms with Gasteiger partial charge in [-0.3, -0.25) is 9.59 Å². The molecule has 3 aliphatic rings. The predicted molar refractivity (Wildman–Crippen MR) is 131 cm³/mol. The molecule has 5 nitrogen and oxygen atoms in total. The van der Waals surface area contributed by atoms with Crippen LogP contribution in [0.5, 0.6) is 0 Å². The van der Waals surface area contributed by atoms with Crippen molar-refractivity contribution in [2.75, 3.05) is 26.7 Å². The topological polar surface area (TPSA) is 58.6 Å². The van der Waals surface area contributed by atoms with Gasteiger partial charge in [0, 0.05) is 31.1 Å². The molecule has 2 aliphatic carbocycles. The van der Waals surface area contributed by atoms with Crippen LogP contribution >= 0.6 is 0 Å². The Morgan fingerprint density at radius 3 is 2.29 bits per heavy atom. The number of rotatable bonds is 9. The molecule has 0 spiro atoms. The maximum atomic E-state index is 13.1. The number of carbonyl (C=O) groups excluding carboxylic acids is 2. The second kappa shape index (κ2) is 12.3. The van der Waals surface area contributed by atoms with E-state index in [1.54, 1.807) is 19.2 Å². The predicted octanol–water partition coefficient (Wildman–Crippen LogP) is 4.99. The average Bonchev–Trinajstić information content (AvgIpc) is 3.31. The molecule has 0 unspecified atom stereocenters. The fourth-order valence-corrected chi connectivity index (χ4v) is 6.21. The largest absolute Gasteiger partial charge is 0.381 e. The molecule has 0 radical (unpaired) electrons. The Hall–Kier alpha value is -1.79. The van der Waals surface area contributed by atoms with Crippen LogP contribution in [0.1, 0.15) is 81.0 Å². The molecule has 1 amide bonds. The maximum absolute atomic E-state index is 13.1. The first-order chi connectivity index (χ1) is 16.5. The van der Waals surface area contributed by atoms with Crippen LogP contribution in [0.4, 0.5) is 4.39 Å². The number of halogens is 1. The number of carbonyl (C=O) groups is 2. The molecule has 1 saturated heterocycles. The fourth-order valence-electron chi connectivity index (χ4n) is 6.21. The van der Waals surface area contributed by atoms with Crippen LogP contribution in [0.15, 0.2) is 24.3 Å². The maximum Gasteiger partial charge on any atom is 0.220 e. The number of likely N-dealkylation sites (tertiary alicyclic amines) is 1. The van der Waals surface area contributed by atoms with Crippen LogP contribution in [-0.2, 0) is 9.53 Å². The molecule has 1 aliphatic heterocycles. The van der Waals surface area contributed by atoms with E-state index < -0.39 is 0 Å². The molecular weight excluding hydrogens is 431 g/mol. The Labute approximate surface area is 203 Å². The quantitative estimate of drug-likeness (QED) is 0.515. The minimum atomic E-state index is -0.299. The summed E-state index contributed by atoms with van der Waals surface area (Å²) in [5, 5.41) is 3.29. The molecule has 0 aromatic heterocycles. The third kappa shape index (κ3) is 7.11. The van der Waals surface area contributed by atoms with Crippen molar-refractivity contribution in [3.63, 3.8) is 0 Å².